The molecule has 1 heterocycles. The van der Waals surface area contributed by atoms with Gasteiger partial charge in [0.15, 0.2) is 5.69 Å². The largest absolute Gasteiger partial charge is 0.462 e. The Balaban J connectivity index is 2.47. The third kappa shape index (κ3) is 4.25. The number of rotatable bonds is 7. The molecule has 0 saturated carbocycles. The molecule has 0 N–H and O–H groups in total. The highest BCUT2D eigenvalue weighted by Crippen LogP contribution is 2.25. The van der Waals surface area contributed by atoms with Gasteiger partial charge in [-0.1, -0.05) is 36.4 Å². The number of nitrogens with zero attached hydrogens (tertiary/aromatic N) is 1. The van der Waals surface area contributed by atoms with Gasteiger partial charge < -0.3 is 18.8 Å². The summed E-state index contributed by atoms with van der Waals surface area (Å²) < 4.78 is 16.5. The summed E-state index contributed by atoms with van der Waals surface area (Å²) in [5.74, 6) is -2.83. The summed E-state index contributed by atoms with van der Waals surface area (Å²) >= 11 is 0. The van der Waals surface area contributed by atoms with Crippen molar-refractivity contribution in [2.75, 3.05) is 19.8 Å². The number of ether oxygens (including phenoxy) is 3. The first-order chi connectivity index (χ1) is 15.4. The van der Waals surface area contributed by atoms with Gasteiger partial charge >= 0.3 is 17.9 Å². The van der Waals surface area contributed by atoms with Gasteiger partial charge in [0.05, 0.1) is 25.5 Å². The van der Waals surface area contributed by atoms with Gasteiger partial charge in [-0.25, -0.2) is 14.4 Å². The molecule has 3 rings (SSSR count). The first kappa shape index (κ1) is 22.7. The number of benzene rings is 2. The molecule has 0 saturated heterocycles. The molecule has 0 aliphatic heterocycles. The molecule has 0 unspecified atom stereocenters. The average molecular weight is 437 g/mol. The van der Waals surface area contributed by atoms with Crippen molar-refractivity contribution in [3.8, 4) is 5.69 Å². The second kappa shape index (κ2) is 9.91. The van der Waals surface area contributed by atoms with Crippen molar-refractivity contribution in [3.05, 3.63) is 75.7 Å². The van der Waals surface area contributed by atoms with Crippen molar-refractivity contribution in [2.24, 2.45) is 0 Å². The number of carbonyl (C=O) groups excluding carboxylic acids is 3. The zero-order valence-electron chi connectivity index (χ0n) is 18.0. The lowest BCUT2D eigenvalue weighted by Crippen LogP contribution is -2.32. The van der Waals surface area contributed by atoms with Gasteiger partial charge in [0.25, 0.3) is 0 Å². The predicted octanol–water partition coefficient (Wildman–Crippen LogP) is 3.52. The van der Waals surface area contributed by atoms with Crippen molar-refractivity contribution in [2.45, 2.75) is 20.8 Å². The van der Waals surface area contributed by atoms with Crippen LogP contribution in [0.25, 0.3) is 16.5 Å². The van der Waals surface area contributed by atoms with Crippen LogP contribution in [0.5, 0.6) is 0 Å². The van der Waals surface area contributed by atoms with Gasteiger partial charge in [-0.2, -0.15) is 0 Å². The number of pyridine rings is 1. The van der Waals surface area contributed by atoms with Gasteiger partial charge in [-0.3, -0.25) is 4.79 Å². The molecule has 0 atom stereocenters. The molecule has 0 amide bonds. The zero-order valence-corrected chi connectivity index (χ0v) is 18.0. The Bertz CT molecular complexity index is 1240. The van der Waals surface area contributed by atoms with Gasteiger partial charge in [0, 0.05) is 11.6 Å². The molecule has 0 radical (unpaired) electrons. The Morgan fingerprint density at radius 1 is 0.781 bits per heavy atom. The molecular formula is C24H23NO7. The number of hydrogen-bond acceptors (Lipinski definition) is 7. The summed E-state index contributed by atoms with van der Waals surface area (Å²) in [6.45, 7) is 4.79. The summed E-state index contributed by atoms with van der Waals surface area (Å²) in [5, 5.41) is 1.59. The van der Waals surface area contributed by atoms with Crippen LogP contribution in [0.2, 0.25) is 0 Å². The second-order valence-corrected chi connectivity index (χ2v) is 6.63. The minimum Gasteiger partial charge on any atom is -0.462 e. The highest BCUT2D eigenvalue weighted by molar-refractivity contribution is 6.05. The molecular weight excluding hydrogens is 414 g/mol. The highest BCUT2D eigenvalue weighted by Gasteiger charge is 2.31. The van der Waals surface area contributed by atoms with E-state index in [4.69, 9.17) is 14.2 Å². The molecule has 166 valence electrons. The molecule has 0 aliphatic carbocycles. The van der Waals surface area contributed by atoms with Crippen LogP contribution in [-0.4, -0.2) is 42.3 Å². The fourth-order valence-corrected chi connectivity index (χ4v) is 3.37. The van der Waals surface area contributed by atoms with Crippen molar-refractivity contribution in [1.29, 1.82) is 0 Å². The first-order valence-corrected chi connectivity index (χ1v) is 10.2. The van der Waals surface area contributed by atoms with Crippen LogP contribution in [0.1, 0.15) is 52.0 Å². The van der Waals surface area contributed by atoms with E-state index in [1.54, 1.807) is 32.9 Å². The van der Waals surface area contributed by atoms with E-state index in [0.29, 0.717) is 5.69 Å². The van der Waals surface area contributed by atoms with E-state index < -0.39 is 34.5 Å². The van der Waals surface area contributed by atoms with Crippen LogP contribution in [-0.2, 0) is 14.2 Å². The standard InChI is InChI=1S/C24H23NO7/c1-4-30-22(27)17-14-25(18-13-9-11-15-10-7-8-12-16(15)18)20(24(29)32-6-3)19(21(17)26)23(28)31-5-2/h7-14H,4-6H2,1-3H3. The van der Waals surface area contributed by atoms with Crippen LogP contribution in [0.4, 0.5) is 0 Å². The van der Waals surface area contributed by atoms with Crippen molar-refractivity contribution >= 4 is 28.7 Å². The summed E-state index contributed by atoms with van der Waals surface area (Å²) in [6, 6.07) is 12.7. The Hall–Kier alpha value is -3.94. The Labute approximate surface area is 184 Å². The van der Waals surface area contributed by atoms with E-state index in [1.807, 2.05) is 30.3 Å². The van der Waals surface area contributed by atoms with Gasteiger partial charge in [0.2, 0.25) is 5.43 Å². The number of hydrogen-bond donors (Lipinski definition) is 0. The van der Waals surface area contributed by atoms with E-state index >= 15 is 0 Å². The number of carbonyl (C=O) groups is 3. The van der Waals surface area contributed by atoms with Gasteiger partial charge in [-0.05, 0) is 32.2 Å². The zero-order chi connectivity index (χ0) is 23.3. The van der Waals surface area contributed by atoms with E-state index in [1.165, 1.54) is 10.8 Å². The lowest BCUT2D eigenvalue weighted by atomic mass is 10.0. The molecule has 0 aliphatic rings. The maximum atomic E-state index is 13.2. The fourth-order valence-electron chi connectivity index (χ4n) is 3.37. The minimum absolute atomic E-state index is 0.0183. The predicted molar refractivity (Wildman–Crippen MR) is 117 cm³/mol. The SMILES string of the molecule is CCOC(=O)c1cn(-c2cccc3ccccc23)c(C(=O)OCC)c(C(=O)OCC)c1=O. The molecule has 3 aromatic rings. The van der Waals surface area contributed by atoms with Gasteiger partial charge in [-0.15, -0.1) is 0 Å². The molecule has 8 nitrogen and oxygen atoms in total. The molecule has 0 bridgehead atoms. The normalized spacial score (nSPS) is 10.6. The molecule has 1 aromatic heterocycles. The smallest absolute Gasteiger partial charge is 0.356 e. The summed E-state index contributed by atoms with van der Waals surface area (Å²) in [4.78, 5) is 51.4. The van der Waals surface area contributed by atoms with E-state index in [-0.39, 0.29) is 25.5 Å². The fraction of sp³-hybridized carbons (Fsp3) is 0.250. The number of esters is 3. The van der Waals surface area contributed by atoms with Gasteiger partial charge in [0.1, 0.15) is 11.1 Å². The summed E-state index contributed by atoms with van der Waals surface area (Å²) in [7, 11) is 0. The maximum Gasteiger partial charge on any atom is 0.356 e. The third-order valence-electron chi connectivity index (χ3n) is 4.68. The van der Waals surface area contributed by atoms with Crippen LogP contribution >= 0.6 is 0 Å². The Morgan fingerprint density at radius 2 is 1.38 bits per heavy atom. The topological polar surface area (TPSA) is 101 Å². The lowest BCUT2D eigenvalue weighted by Gasteiger charge is -2.19. The summed E-state index contributed by atoms with van der Waals surface area (Å²) in [5.41, 5.74) is -1.77. The molecule has 8 heteroatoms. The minimum atomic E-state index is -1.03. The lowest BCUT2D eigenvalue weighted by molar-refractivity contribution is 0.0465. The third-order valence-corrected chi connectivity index (χ3v) is 4.68. The molecule has 2 aromatic carbocycles. The van der Waals surface area contributed by atoms with Crippen molar-refractivity contribution in [3.63, 3.8) is 0 Å². The van der Waals surface area contributed by atoms with E-state index in [9.17, 15) is 19.2 Å². The first-order valence-electron chi connectivity index (χ1n) is 10.2. The second-order valence-electron chi connectivity index (χ2n) is 6.63. The Kier molecular flexibility index (Phi) is 7.04. The highest BCUT2D eigenvalue weighted by atomic mass is 16.5. The summed E-state index contributed by atoms with van der Waals surface area (Å²) in [6.07, 6.45) is 1.21. The van der Waals surface area contributed by atoms with Crippen LogP contribution < -0.4 is 5.43 Å². The van der Waals surface area contributed by atoms with E-state index in [2.05, 4.69) is 0 Å². The number of fused-ring (bicyclic) bond motifs is 1. The van der Waals surface area contributed by atoms with Crippen LogP contribution in [0.15, 0.2) is 53.5 Å². The Morgan fingerprint density at radius 3 is 2.06 bits per heavy atom. The maximum absolute atomic E-state index is 13.2. The molecule has 0 spiro atoms. The van der Waals surface area contributed by atoms with E-state index in [0.717, 1.165) is 10.8 Å². The average Bonchev–Trinajstić information content (AvgIpc) is 2.78. The molecule has 0 fully saturated rings. The quantitative estimate of drug-likeness (QED) is 0.412. The van der Waals surface area contributed by atoms with Crippen molar-refractivity contribution < 1.29 is 28.6 Å². The van der Waals surface area contributed by atoms with Crippen LogP contribution in [0.3, 0.4) is 0 Å². The van der Waals surface area contributed by atoms with Crippen LogP contribution in [0, 0.1) is 0 Å². The van der Waals surface area contributed by atoms with Crippen molar-refractivity contribution in [1.82, 2.24) is 4.57 Å². The number of aromatic nitrogens is 1. The molecule has 32 heavy (non-hydrogen) atoms. The monoisotopic (exact) mass is 437 g/mol.